The second-order valence-corrected chi connectivity index (χ2v) is 8.81. The number of benzene rings is 1. The molecule has 1 fully saturated rings. The SMILES string of the molecule is CC(C)Oc1cc2c(OCC3CCC(=O)N3)ncc(C#CC(C)(C)CO)c2cc1C(N)=O. The van der Waals surface area contributed by atoms with Crippen molar-refractivity contribution in [3.8, 4) is 23.5 Å². The van der Waals surface area contributed by atoms with Gasteiger partial charge in [0.15, 0.2) is 0 Å². The third-order valence-electron chi connectivity index (χ3n) is 5.02. The molecule has 4 N–H and O–H groups in total. The van der Waals surface area contributed by atoms with Crippen LogP contribution in [0.3, 0.4) is 0 Å². The lowest BCUT2D eigenvalue weighted by Crippen LogP contribution is -2.31. The van der Waals surface area contributed by atoms with Crippen LogP contribution in [0.2, 0.25) is 0 Å². The fraction of sp³-hybridized carbons (Fsp3) is 0.458. The number of hydrogen-bond donors (Lipinski definition) is 3. The Morgan fingerprint density at radius 3 is 2.72 bits per heavy atom. The van der Waals surface area contributed by atoms with Crippen LogP contribution in [-0.4, -0.2) is 47.3 Å². The van der Waals surface area contributed by atoms with Crippen molar-refractivity contribution in [3.05, 3.63) is 29.5 Å². The Morgan fingerprint density at radius 2 is 2.12 bits per heavy atom. The van der Waals surface area contributed by atoms with E-state index in [4.69, 9.17) is 15.2 Å². The Kier molecular flexibility index (Phi) is 6.90. The van der Waals surface area contributed by atoms with E-state index in [1.807, 2.05) is 27.7 Å². The lowest BCUT2D eigenvalue weighted by molar-refractivity contribution is -0.119. The minimum Gasteiger partial charge on any atom is -0.490 e. The topological polar surface area (TPSA) is 124 Å². The van der Waals surface area contributed by atoms with Gasteiger partial charge in [0.1, 0.15) is 12.4 Å². The van der Waals surface area contributed by atoms with E-state index in [1.54, 1.807) is 18.3 Å². The second kappa shape index (κ2) is 9.45. The molecule has 2 aromatic rings. The van der Waals surface area contributed by atoms with E-state index in [1.165, 1.54) is 0 Å². The van der Waals surface area contributed by atoms with Gasteiger partial charge >= 0.3 is 0 Å². The summed E-state index contributed by atoms with van der Waals surface area (Å²) in [5, 5.41) is 13.6. The van der Waals surface area contributed by atoms with Crippen LogP contribution in [0.4, 0.5) is 0 Å². The number of amides is 2. The molecule has 170 valence electrons. The predicted molar refractivity (Wildman–Crippen MR) is 120 cm³/mol. The van der Waals surface area contributed by atoms with E-state index in [0.717, 1.165) is 0 Å². The molecular weight excluding hydrogens is 410 g/mol. The standard InChI is InChI=1S/C24H29N3O5/c1-14(2)32-20-10-18-17(9-19(20)22(25)30)15(7-8-24(3,4)13-28)11-26-23(18)31-12-16-5-6-21(29)27-16/h9-11,14,16,28H,5-6,12-13H2,1-4H3,(H2,25,30)(H,27,29). The number of rotatable bonds is 7. The molecule has 8 nitrogen and oxygen atoms in total. The lowest BCUT2D eigenvalue weighted by Gasteiger charge is -2.17. The second-order valence-electron chi connectivity index (χ2n) is 8.81. The van der Waals surface area contributed by atoms with Gasteiger partial charge < -0.3 is 25.6 Å². The molecule has 3 rings (SSSR count). The van der Waals surface area contributed by atoms with Gasteiger partial charge in [-0.25, -0.2) is 4.98 Å². The summed E-state index contributed by atoms with van der Waals surface area (Å²) in [7, 11) is 0. The van der Waals surface area contributed by atoms with E-state index in [-0.39, 0.29) is 36.8 Å². The van der Waals surface area contributed by atoms with Gasteiger partial charge in [-0.1, -0.05) is 11.8 Å². The molecule has 1 aromatic carbocycles. The van der Waals surface area contributed by atoms with Gasteiger partial charge in [0.05, 0.1) is 29.9 Å². The highest BCUT2D eigenvalue weighted by Crippen LogP contribution is 2.33. The van der Waals surface area contributed by atoms with Crippen LogP contribution >= 0.6 is 0 Å². The van der Waals surface area contributed by atoms with E-state index < -0.39 is 11.3 Å². The fourth-order valence-corrected chi connectivity index (χ4v) is 3.26. The molecule has 1 aromatic heterocycles. The van der Waals surface area contributed by atoms with Crippen molar-refractivity contribution in [1.82, 2.24) is 10.3 Å². The van der Waals surface area contributed by atoms with Gasteiger partial charge in [-0.2, -0.15) is 0 Å². The van der Waals surface area contributed by atoms with Gasteiger partial charge in [-0.15, -0.1) is 0 Å². The Bertz CT molecular complexity index is 1100. The highest BCUT2D eigenvalue weighted by molar-refractivity contribution is 6.03. The van der Waals surface area contributed by atoms with Crippen molar-refractivity contribution in [2.45, 2.75) is 52.7 Å². The number of primary amides is 1. The number of aromatic nitrogens is 1. The largest absolute Gasteiger partial charge is 0.490 e. The number of nitrogens with one attached hydrogen (secondary N) is 1. The molecule has 2 heterocycles. The van der Waals surface area contributed by atoms with E-state index in [2.05, 4.69) is 22.1 Å². The van der Waals surface area contributed by atoms with Crippen molar-refractivity contribution < 1.29 is 24.2 Å². The van der Waals surface area contributed by atoms with Gasteiger partial charge in [-0.3, -0.25) is 9.59 Å². The summed E-state index contributed by atoms with van der Waals surface area (Å²) < 4.78 is 11.8. The summed E-state index contributed by atoms with van der Waals surface area (Å²) in [5.74, 6) is 6.16. The first kappa shape index (κ1) is 23.4. The molecule has 1 atom stereocenters. The number of hydrogen-bond acceptors (Lipinski definition) is 6. The Labute approximate surface area is 187 Å². The monoisotopic (exact) mass is 439 g/mol. The van der Waals surface area contributed by atoms with Crippen LogP contribution in [0.5, 0.6) is 11.6 Å². The zero-order valence-corrected chi connectivity index (χ0v) is 18.8. The maximum Gasteiger partial charge on any atom is 0.252 e. The van der Waals surface area contributed by atoms with Crippen molar-refractivity contribution in [2.75, 3.05) is 13.2 Å². The fourth-order valence-electron chi connectivity index (χ4n) is 3.26. The normalized spacial score (nSPS) is 15.9. The zero-order chi connectivity index (χ0) is 23.5. The zero-order valence-electron chi connectivity index (χ0n) is 18.8. The summed E-state index contributed by atoms with van der Waals surface area (Å²) in [6.45, 7) is 7.53. The number of pyridine rings is 1. The van der Waals surface area contributed by atoms with E-state index in [0.29, 0.717) is 40.8 Å². The number of fused-ring (bicyclic) bond motifs is 1. The first-order valence-corrected chi connectivity index (χ1v) is 10.6. The average molecular weight is 440 g/mol. The number of aliphatic hydroxyl groups is 1. The molecule has 1 aliphatic rings. The van der Waals surface area contributed by atoms with Crippen LogP contribution < -0.4 is 20.5 Å². The van der Waals surface area contributed by atoms with Gasteiger partial charge in [0, 0.05) is 28.8 Å². The number of nitrogens with two attached hydrogens (primary N) is 1. The minimum absolute atomic E-state index is 0.00672. The Hall–Kier alpha value is -3.31. The molecule has 0 spiro atoms. The smallest absolute Gasteiger partial charge is 0.252 e. The average Bonchev–Trinajstić information content (AvgIpc) is 3.15. The van der Waals surface area contributed by atoms with Crippen LogP contribution in [-0.2, 0) is 4.79 Å². The number of carbonyl (C=O) groups excluding carboxylic acids is 2. The Balaban J connectivity index is 2.11. The summed E-state index contributed by atoms with van der Waals surface area (Å²) in [4.78, 5) is 28.0. The molecule has 2 amide bonds. The molecule has 1 saturated heterocycles. The maximum absolute atomic E-state index is 12.1. The first-order valence-electron chi connectivity index (χ1n) is 10.6. The molecule has 0 radical (unpaired) electrons. The van der Waals surface area contributed by atoms with Crippen LogP contribution in [0.1, 0.15) is 56.5 Å². The van der Waals surface area contributed by atoms with Crippen LogP contribution in [0, 0.1) is 17.3 Å². The third kappa shape index (κ3) is 5.48. The predicted octanol–water partition coefficient (Wildman–Crippen LogP) is 2.15. The quantitative estimate of drug-likeness (QED) is 0.568. The molecule has 32 heavy (non-hydrogen) atoms. The molecule has 0 saturated carbocycles. The van der Waals surface area contributed by atoms with Gasteiger partial charge in [-0.05, 0) is 46.2 Å². The van der Waals surface area contributed by atoms with E-state index >= 15 is 0 Å². The summed E-state index contributed by atoms with van der Waals surface area (Å²) in [6, 6.07) is 3.24. The van der Waals surface area contributed by atoms with Crippen molar-refractivity contribution >= 4 is 22.6 Å². The number of ether oxygens (including phenoxy) is 2. The highest BCUT2D eigenvalue weighted by Gasteiger charge is 2.23. The van der Waals surface area contributed by atoms with Crippen LogP contribution in [0.15, 0.2) is 18.3 Å². The summed E-state index contributed by atoms with van der Waals surface area (Å²) in [6.07, 6.45) is 2.57. The number of carbonyl (C=O) groups is 2. The molecule has 0 aliphatic carbocycles. The maximum atomic E-state index is 12.1. The number of aliphatic hydroxyl groups excluding tert-OH is 1. The van der Waals surface area contributed by atoms with Crippen molar-refractivity contribution in [1.29, 1.82) is 0 Å². The summed E-state index contributed by atoms with van der Waals surface area (Å²) in [5.41, 5.74) is 5.81. The molecule has 8 heteroatoms. The summed E-state index contributed by atoms with van der Waals surface area (Å²) >= 11 is 0. The molecule has 0 bridgehead atoms. The van der Waals surface area contributed by atoms with Gasteiger partial charge in [0.2, 0.25) is 11.8 Å². The van der Waals surface area contributed by atoms with Crippen molar-refractivity contribution in [3.63, 3.8) is 0 Å². The first-order chi connectivity index (χ1) is 15.1. The van der Waals surface area contributed by atoms with Crippen LogP contribution in [0.25, 0.3) is 10.8 Å². The third-order valence-corrected chi connectivity index (χ3v) is 5.02. The molecule has 1 unspecified atom stereocenters. The minimum atomic E-state index is -0.620. The Morgan fingerprint density at radius 1 is 1.38 bits per heavy atom. The molecule has 1 aliphatic heterocycles. The van der Waals surface area contributed by atoms with Gasteiger partial charge in [0.25, 0.3) is 5.91 Å². The highest BCUT2D eigenvalue weighted by atomic mass is 16.5. The van der Waals surface area contributed by atoms with Crippen molar-refractivity contribution in [2.24, 2.45) is 11.1 Å². The molecular formula is C24H29N3O5. The number of nitrogens with zero attached hydrogens (tertiary/aromatic N) is 1. The van der Waals surface area contributed by atoms with E-state index in [9.17, 15) is 14.7 Å². The lowest BCUT2D eigenvalue weighted by atomic mass is 9.95.